The molecule has 3 aromatic heterocycles. The summed E-state index contributed by atoms with van der Waals surface area (Å²) in [6, 6.07) is 13.0. The van der Waals surface area contributed by atoms with Crippen molar-refractivity contribution in [3.63, 3.8) is 0 Å². The number of aromatic carboxylic acids is 1. The Bertz CT molecular complexity index is 2450. The molecule has 0 saturated heterocycles. The molecule has 4 heterocycles. The van der Waals surface area contributed by atoms with Crippen LogP contribution in [0.2, 0.25) is 10.0 Å². The van der Waals surface area contributed by atoms with Crippen molar-refractivity contribution < 1.29 is 24.5 Å². The summed E-state index contributed by atoms with van der Waals surface area (Å²) in [7, 11) is 3.62. The second-order valence-electron chi connectivity index (χ2n) is 14.2. The van der Waals surface area contributed by atoms with Gasteiger partial charge in [0.05, 0.1) is 34.0 Å². The van der Waals surface area contributed by atoms with Crippen molar-refractivity contribution >= 4 is 62.6 Å². The zero-order valence-corrected chi connectivity index (χ0v) is 32.5. The number of carboxylic acid groups (broad SMARTS) is 1. The lowest BCUT2D eigenvalue weighted by Crippen LogP contribution is -2.43. The van der Waals surface area contributed by atoms with Crippen LogP contribution in [0.3, 0.4) is 0 Å². The number of aryl methyl sites for hydroxylation is 6. The molecule has 2 N–H and O–H groups in total. The molecule has 12 heteroatoms. The Balaban J connectivity index is 1.40. The van der Waals surface area contributed by atoms with E-state index in [1.165, 1.54) is 0 Å². The number of amides is 1. The number of carbonyl (C=O) groups is 2. The fraction of sp³-hybridized carbons (Fsp3) is 0.341. The number of nitrogens with zero attached hydrogens (tertiary/aromatic N) is 5. The maximum Gasteiger partial charge on any atom is 0.352 e. The summed E-state index contributed by atoms with van der Waals surface area (Å²) in [5.74, 6) is -0.507. The molecule has 276 valence electrons. The lowest BCUT2D eigenvalue weighted by atomic mass is 9.98. The first-order valence-electron chi connectivity index (χ1n) is 17.8. The number of halogens is 2. The molecule has 0 saturated carbocycles. The van der Waals surface area contributed by atoms with Gasteiger partial charge in [-0.25, -0.2) is 4.79 Å². The normalized spacial score (nSPS) is 14.5. The molecule has 0 radical (unpaired) electrons. The first-order chi connectivity index (χ1) is 25.2. The van der Waals surface area contributed by atoms with Crippen LogP contribution in [0.5, 0.6) is 5.75 Å². The lowest BCUT2D eigenvalue weighted by Gasteiger charge is -2.35. The number of benzene rings is 3. The van der Waals surface area contributed by atoms with E-state index < -0.39 is 5.97 Å². The van der Waals surface area contributed by atoms with Gasteiger partial charge in [0.15, 0.2) is 0 Å². The van der Waals surface area contributed by atoms with Gasteiger partial charge in [0, 0.05) is 65.9 Å². The topological polar surface area (TPSA) is 115 Å². The van der Waals surface area contributed by atoms with E-state index in [1.54, 1.807) is 22.6 Å². The fourth-order valence-corrected chi connectivity index (χ4v) is 8.52. The van der Waals surface area contributed by atoms with Crippen molar-refractivity contribution in [3.8, 4) is 16.9 Å². The predicted molar refractivity (Wildman–Crippen MR) is 210 cm³/mol. The van der Waals surface area contributed by atoms with E-state index in [4.69, 9.17) is 33.0 Å². The molecule has 1 aliphatic heterocycles. The number of anilines is 1. The molecular weight excluding hydrogens is 713 g/mol. The van der Waals surface area contributed by atoms with Crippen LogP contribution in [-0.4, -0.2) is 60.8 Å². The van der Waals surface area contributed by atoms with Crippen LogP contribution >= 0.6 is 23.2 Å². The molecular formula is C41H43Cl2N5O5. The Morgan fingerprint density at radius 2 is 1.70 bits per heavy atom. The van der Waals surface area contributed by atoms with Crippen LogP contribution < -0.4 is 9.64 Å². The Hall–Kier alpha value is -4.77. The molecule has 1 unspecified atom stereocenters. The highest BCUT2D eigenvalue weighted by atomic mass is 35.5. The van der Waals surface area contributed by atoms with Crippen molar-refractivity contribution in [1.29, 1.82) is 0 Å². The minimum Gasteiger partial charge on any atom is -0.494 e. The van der Waals surface area contributed by atoms with Gasteiger partial charge in [-0.15, -0.1) is 0 Å². The maximum absolute atomic E-state index is 15.2. The summed E-state index contributed by atoms with van der Waals surface area (Å²) in [5, 5.41) is 27.5. The zero-order valence-electron chi connectivity index (χ0n) is 31.0. The molecule has 0 bridgehead atoms. The van der Waals surface area contributed by atoms with Crippen molar-refractivity contribution in [2.75, 3.05) is 24.7 Å². The number of fused-ring (bicyclic) bond motifs is 4. The van der Waals surface area contributed by atoms with E-state index in [0.29, 0.717) is 59.7 Å². The van der Waals surface area contributed by atoms with Crippen molar-refractivity contribution in [1.82, 2.24) is 18.9 Å². The first-order valence-corrected chi connectivity index (χ1v) is 18.5. The maximum atomic E-state index is 15.2. The van der Waals surface area contributed by atoms with Gasteiger partial charge in [0.25, 0.3) is 5.91 Å². The van der Waals surface area contributed by atoms with Gasteiger partial charge in [0.1, 0.15) is 17.1 Å². The van der Waals surface area contributed by atoms with E-state index in [-0.39, 0.29) is 24.2 Å². The summed E-state index contributed by atoms with van der Waals surface area (Å²) < 4.78 is 11.8. The van der Waals surface area contributed by atoms with Gasteiger partial charge in [0.2, 0.25) is 0 Å². The van der Waals surface area contributed by atoms with E-state index in [1.807, 2.05) is 75.8 Å². The van der Waals surface area contributed by atoms with Crippen LogP contribution in [0.25, 0.3) is 32.9 Å². The van der Waals surface area contributed by atoms with Crippen LogP contribution in [0, 0.1) is 27.7 Å². The highest BCUT2D eigenvalue weighted by Gasteiger charge is 2.38. The summed E-state index contributed by atoms with van der Waals surface area (Å²) in [6.45, 7) is 10.7. The summed E-state index contributed by atoms with van der Waals surface area (Å²) in [4.78, 5) is 29.2. The predicted octanol–water partition coefficient (Wildman–Crippen LogP) is 8.54. The number of hydrogen-bond acceptors (Lipinski definition) is 5. The average molecular weight is 757 g/mol. The third kappa shape index (κ3) is 6.06. The Morgan fingerprint density at radius 3 is 2.34 bits per heavy atom. The molecule has 3 aromatic carbocycles. The quantitative estimate of drug-likeness (QED) is 0.136. The van der Waals surface area contributed by atoms with E-state index in [9.17, 15) is 15.0 Å². The molecule has 0 spiro atoms. The zero-order chi connectivity index (χ0) is 38.0. The van der Waals surface area contributed by atoms with Gasteiger partial charge in [-0.2, -0.15) is 5.10 Å². The van der Waals surface area contributed by atoms with Crippen LogP contribution in [-0.2, 0) is 26.9 Å². The van der Waals surface area contributed by atoms with Gasteiger partial charge in [-0.05, 0) is 113 Å². The number of ether oxygens (including phenoxy) is 1. The smallest absolute Gasteiger partial charge is 0.352 e. The number of aliphatic hydroxyl groups is 1. The molecule has 1 amide bonds. The molecule has 10 nitrogen and oxygen atoms in total. The molecule has 1 atom stereocenters. The molecule has 0 aliphatic carbocycles. The average Bonchev–Trinajstić information content (AvgIpc) is 3.71. The van der Waals surface area contributed by atoms with Crippen molar-refractivity contribution in [2.45, 2.75) is 59.9 Å². The first kappa shape index (κ1) is 36.6. The largest absolute Gasteiger partial charge is 0.494 e. The minimum absolute atomic E-state index is 0.0831. The summed E-state index contributed by atoms with van der Waals surface area (Å²) in [5.41, 5.74) is 10.0. The van der Waals surface area contributed by atoms with Gasteiger partial charge in [-0.1, -0.05) is 29.3 Å². The van der Waals surface area contributed by atoms with Crippen LogP contribution in [0.15, 0.2) is 42.5 Å². The Labute approximate surface area is 318 Å². The van der Waals surface area contributed by atoms with Crippen LogP contribution in [0.1, 0.15) is 74.0 Å². The van der Waals surface area contributed by atoms with Gasteiger partial charge in [-0.3, -0.25) is 9.48 Å². The summed E-state index contributed by atoms with van der Waals surface area (Å²) >= 11 is 13.5. The third-order valence-electron chi connectivity index (χ3n) is 10.6. The number of hydrogen-bond donors (Lipinski definition) is 2. The molecule has 6 aromatic rings. The number of rotatable bonds is 10. The van der Waals surface area contributed by atoms with E-state index >= 15 is 4.79 Å². The fourth-order valence-electron chi connectivity index (χ4n) is 8.16. The number of aliphatic hydroxyl groups excluding tert-OH is 1. The SMILES string of the molecule is Cc1cc(OCCCc2c3n(c4c(-c5c(C)nn(C)c5C)c(Cl)ccc24)C(C)CN(c2cc(CCO)cc4cc(C(=O)O)n(C)c24)C3=O)cc(C)c1Cl. The van der Waals surface area contributed by atoms with Gasteiger partial charge >= 0.3 is 5.97 Å². The standard InChI is InChI=1S/C41H43Cl2N5O5/c1-21-15-28(16-22(2)36(21)43)53-14-8-9-29-30-10-11-31(42)35(34-24(4)44-46(7)25(34)5)38(30)48-23(3)20-47(40(50)39(29)48)32-18-26(12-13-49)17-27-19-33(41(51)52)45(6)37(27)32/h10-11,15-19,23,49H,8-9,12-14,20H2,1-7H3,(H,51,52). The van der Waals surface area contributed by atoms with E-state index in [0.717, 1.165) is 66.4 Å². The Morgan fingerprint density at radius 1 is 0.981 bits per heavy atom. The molecule has 1 aliphatic rings. The number of carboxylic acids is 1. The Kier molecular flexibility index (Phi) is 9.59. The van der Waals surface area contributed by atoms with Crippen molar-refractivity contribution in [2.24, 2.45) is 14.1 Å². The van der Waals surface area contributed by atoms with E-state index in [2.05, 4.69) is 11.5 Å². The number of aromatic nitrogens is 4. The minimum atomic E-state index is -1.06. The monoisotopic (exact) mass is 755 g/mol. The second-order valence-corrected chi connectivity index (χ2v) is 15.0. The molecule has 53 heavy (non-hydrogen) atoms. The third-order valence-corrected chi connectivity index (χ3v) is 11.6. The van der Waals surface area contributed by atoms with Crippen LogP contribution in [0.4, 0.5) is 5.69 Å². The van der Waals surface area contributed by atoms with Gasteiger partial charge < -0.3 is 29.0 Å². The summed E-state index contributed by atoms with van der Waals surface area (Å²) in [6.07, 6.45) is 1.55. The highest BCUT2D eigenvalue weighted by molar-refractivity contribution is 6.35. The highest BCUT2D eigenvalue weighted by Crippen LogP contribution is 2.46. The second kappa shape index (κ2) is 13.9. The lowest BCUT2D eigenvalue weighted by molar-refractivity contribution is 0.0687. The number of carbonyl (C=O) groups excluding carboxylic acids is 1. The molecule has 0 fully saturated rings. The molecule has 7 rings (SSSR count). The van der Waals surface area contributed by atoms with Crippen molar-refractivity contribution in [3.05, 3.63) is 97.5 Å².